The van der Waals surface area contributed by atoms with Crippen LogP contribution in [0.1, 0.15) is 34.1 Å². The molecule has 0 bridgehead atoms. The minimum atomic E-state index is -0.897. The fraction of sp³-hybridized carbons (Fsp3) is 0.333. The molecule has 0 spiro atoms. The van der Waals surface area contributed by atoms with E-state index in [9.17, 15) is 19.2 Å². The summed E-state index contributed by atoms with van der Waals surface area (Å²) < 4.78 is 18.3. The van der Waals surface area contributed by atoms with E-state index in [1.807, 2.05) is 0 Å². The molecule has 0 heterocycles. The van der Waals surface area contributed by atoms with Gasteiger partial charge in [-0.2, -0.15) is 0 Å². The average Bonchev–Trinajstić information content (AvgIpc) is 2.52. The number of Topliss-reactive ketones (excluding diaryl/α,β-unsaturated/α-hetero) is 1. The van der Waals surface area contributed by atoms with Crippen molar-refractivity contribution < 1.29 is 38.1 Å². The van der Waals surface area contributed by atoms with Crippen molar-refractivity contribution in [1.29, 1.82) is 0 Å². The molecule has 0 atom stereocenters. The van der Waals surface area contributed by atoms with Gasteiger partial charge in [-0.3, -0.25) is 14.4 Å². The first-order valence-electron chi connectivity index (χ1n) is 6.52. The summed E-state index contributed by atoms with van der Waals surface area (Å²) in [7, 11) is 1.33. The number of hydrogen-bond donors (Lipinski definition) is 0. The van der Waals surface area contributed by atoms with Gasteiger partial charge in [0.25, 0.3) is 0 Å². The average molecular weight is 324 g/mol. The third-order valence-corrected chi connectivity index (χ3v) is 2.56. The molecule has 8 nitrogen and oxygen atoms in total. The van der Waals surface area contributed by atoms with E-state index in [4.69, 9.17) is 4.74 Å². The molecule has 0 unspecified atom stereocenters. The fourth-order valence-electron chi connectivity index (χ4n) is 1.42. The van der Waals surface area contributed by atoms with Crippen molar-refractivity contribution in [1.82, 2.24) is 0 Å². The Hall–Kier alpha value is -2.74. The number of ketones is 1. The van der Waals surface area contributed by atoms with E-state index in [0.717, 1.165) is 0 Å². The van der Waals surface area contributed by atoms with Gasteiger partial charge in [-0.15, -0.1) is 0 Å². The number of ether oxygens (including phenoxy) is 4. The summed E-state index contributed by atoms with van der Waals surface area (Å²) in [5.74, 6) is -2.57. The molecule has 0 aliphatic carbocycles. The predicted octanol–water partition coefficient (Wildman–Crippen LogP) is 1.08. The second-order valence-corrected chi connectivity index (χ2v) is 4.30. The van der Waals surface area contributed by atoms with Gasteiger partial charge in [-0.05, 0) is 19.1 Å². The van der Waals surface area contributed by atoms with Crippen molar-refractivity contribution in [2.24, 2.45) is 0 Å². The van der Waals surface area contributed by atoms with Crippen molar-refractivity contribution >= 4 is 23.7 Å². The van der Waals surface area contributed by atoms with Crippen LogP contribution in [0.15, 0.2) is 24.3 Å². The van der Waals surface area contributed by atoms with Gasteiger partial charge < -0.3 is 18.9 Å². The van der Waals surface area contributed by atoms with Crippen LogP contribution in [-0.4, -0.2) is 44.4 Å². The molecule has 23 heavy (non-hydrogen) atoms. The zero-order valence-electron chi connectivity index (χ0n) is 12.7. The number of methoxy groups -OCH3 is 1. The van der Waals surface area contributed by atoms with Gasteiger partial charge in [0, 0.05) is 12.7 Å². The zero-order valence-corrected chi connectivity index (χ0v) is 12.7. The van der Waals surface area contributed by atoms with Crippen molar-refractivity contribution in [3.8, 4) is 0 Å². The summed E-state index contributed by atoms with van der Waals surface area (Å²) >= 11 is 0. The lowest BCUT2D eigenvalue weighted by Crippen LogP contribution is -2.17. The van der Waals surface area contributed by atoms with Crippen LogP contribution < -0.4 is 0 Å². The highest BCUT2D eigenvalue weighted by Gasteiger charge is 2.13. The summed E-state index contributed by atoms with van der Waals surface area (Å²) in [6, 6.07) is 5.81. The number of carbonyl (C=O) groups is 4. The second kappa shape index (κ2) is 9.31. The van der Waals surface area contributed by atoms with Crippen molar-refractivity contribution in [3.05, 3.63) is 35.4 Å². The molecule has 8 heteroatoms. The van der Waals surface area contributed by atoms with Gasteiger partial charge >= 0.3 is 17.9 Å². The molecule has 1 rings (SSSR count). The number of rotatable bonds is 8. The van der Waals surface area contributed by atoms with E-state index >= 15 is 0 Å². The Bertz CT molecular complexity index is 576. The van der Waals surface area contributed by atoms with Gasteiger partial charge in [-0.25, -0.2) is 4.79 Å². The highest BCUT2D eigenvalue weighted by Crippen LogP contribution is 2.07. The van der Waals surface area contributed by atoms with Crippen LogP contribution in [0.4, 0.5) is 0 Å². The molecule has 0 aromatic heterocycles. The molecular formula is C15H16O8. The maximum atomic E-state index is 11.7. The quantitative estimate of drug-likeness (QED) is 0.303. The van der Waals surface area contributed by atoms with Gasteiger partial charge in [0.05, 0.1) is 5.56 Å². The largest absolute Gasteiger partial charge is 0.438 e. The zero-order chi connectivity index (χ0) is 17.2. The Morgan fingerprint density at radius 1 is 0.826 bits per heavy atom. The van der Waals surface area contributed by atoms with Crippen LogP contribution in [0.5, 0.6) is 0 Å². The normalized spacial score (nSPS) is 9.83. The summed E-state index contributed by atoms with van der Waals surface area (Å²) in [4.78, 5) is 45.1. The van der Waals surface area contributed by atoms with Gasteiger partial charge in [0.15, 0.2) is 12.6 Å². The summed E-state index contributed by atoms with van der Waals surface area (Å²) in [5.41, 5.74) is 0.660. The third-order valence-electron chi connectivity index (χ3n) is 2.56. The SMILES string of the molecule is COCOC(=O)CC(=O)OCOC(=O)c1ccc(C(C)=O)cc1. The van der Waals surface area contributed by atoms with Crippen molar-refractivity contribution in [2.75, 3.05) is 20.7 Å². The van der Waals surface area contributed by atoms with E-state index in [0.29, 0.717) is 5.56 Å². The van der Waals surface area contributed by atoms with Crippen molar-refractivity contribution in [2.45, 2.75) is 13.3 Å². The van der Waals surface area contributed by atoms with Gasteiger partial charge in [0.2, 0.25) is 6.79 Å². The molecule has 0 fully saturated rings. The van der Waals surface area contributed by atoms with E-state index in [2.05, 4.69) is 14.2 Å². The highest BCUT2D eigenvalue weighted by atomic mass is 16.7. The van der Waals surface area contributed by atoms with Crippen LogP contribution in [-0.2, 0) is 28.5 Å². The van der Waals surface area contributed by atoms with E-state index < -0.39 is 31.1 Å². The highest BCUT2D eigenvalue weighted by molar-refractivity contribution is 5.96. The molecule has 0 saturated carbocycles. The maximum absolute atomic E-state index is 11.7. The molecule has 0 radical (unpaired) electrons. The Morgan fingerprint density at radius 2 is 1.35 bits per heavy atom. The molecule has 0 aliphatic rings. The van der Waals surface area contributed by atoms with Crippen LogP contribution in [0.25, 0.3) is 0 Å². The van der Waals surface area contributed by atoms with Crippen LogP contribution in [0.3, 0.4) is 0 Å². The first kappa shape index (κ1) is 18.3. The lowest BCUT2D eigenvalue weighted by molar-refractivity contribution is -0.164. The third kappa shape index (κ3) is 6.70. The Balaban J connectivity index is 2.34. The molecule has 0 aliphatic heterocycles. The summed E-state index contributed by atoms with van der Waals surface area (Å²) in [6.07, 6.45) is -0.617. The minimum absolute atomic E-state index is 0.126. The van der Waals surface area contributed by atoms with E-state index in [-0.39, 0.29) is 18.1 Å². The van der Waals surface area contributed by atoms with E-state index in [1.54, 1.807) is 0 Å². The molecule has 1 aromatic carbocycles. The topological polar surface area (TPSA) is 105 Å². The fourth-order valence-corrected chi connectivity index (χ4v) is 1.42. The first-order chi connectivity index (χ1) is 10.9. The number of esters is 3. The first-order valence-corrected chi connectivity index (χ1v) is 6.52. The van der Waals surface area contributed by atoms with Crippen LogP contribution in [0, 0.1) is 0 Å². The van der Waals surface area contributed by atoms with E-state index in [1.165, 1.54) is 38.3 Å². The van der Waals surface area contributed by atoms with Gasteiger partial charge in [-0.1, -0.05) is 12.1 Å². The second-order valence-electron chi connectivity index (χ2n) is 4.30. The molecule has 124 valence electrons. The number of benzene rings is 1. The summed E-state index contributed by atoms with van der Waals surface area (Å²) in [5, 5.41) is 0. The Morgan fingerprint density at radius 3 is 1.87 bits per heavy atom. The predicted molar refractivity (Wildman–Crippen MR) is 75.4 cm³/mol. The standard InChI is InChI=1S/C15H16O8/c1-10(16)11-3-5-12(6-4-11)15(19)23-9-22-14(18)7-13(17)21-8-20-2/h3-6H,7-9H2,1-2H3. The Labute approximate surface area is 132 Å². The molecular weight excluding hydrogens is 308 g/mol. The molecule has 0 amide bonds. The number of hydrogen-bond acceptors (Lipinski definition) is 8. The molecule has 1 aromatic rings. The van der Waals surface area contributed by atoms with Crippen LogP contribution >= 0.6 is 0 Å². The number of carbonyl (C=O) groups excluding carboxylic acids is 4. The van der Waals surface area contributed by atoms with Crippen molar-refractivity contribution in [3.63, 3.8) is 0 Å². The lowest BCUT2D eigenvalue weighted by Gasteiger charge is -2.07. The lowest BCUT2D eigenvalue weighted by atomic mass is 10.1. The minimum Gasteiger partial charge on any atom is -0.438 e. The Kier molecular flexibility index (Phi) is 7.41. The molecule has 0 N–H and O–H groups in total. The monoisotopic (exact) mass is 324 g/mol. The maximum Gasteiger partial charge on any atom is 0.340 e. The van der Waals surface area contributed by atoms with Crippen LogP contribution in [0.2, 0.25) is 0 Å². The smallest absolute Gasteiger partial charge is 0.340 e. The van der Waals surface area contributed by atoms with Gasteiger partial charge in [0.1, 0.15) is 6.42 Å². The summed E-state index contributed by atoms with van der Waals surface area (Å²) in [6.45, 7) is 0.505. The molecule has 0 saturated heterocycles.